The minimum atomic E-state index is -0.0961. The quantitative estimate of drug-likeness (QED) is 0.688. The summed E-state index contributed by atoms with van der Waals surface area (Å²) in [5, 5.41) is 8.88. The SMILES string of the molecule is CC(=O)c1nnn(Cc2ccc(Cl)cc2)c1-c1ccccc1. The van der Waals surface area contributed by atoms with Crippen LogP contribution in [0.15, 0.2) is 54.6 Å². The van der Waals surface area contributed by atoms with Gasteiger partial charge in [-0.15, -0.1) is 5.10 Å². The first kappa shape index (κ1) is 14.5. The summed E-state index contributed by atoms with van der Waals surface area (Å²) in [4.78, 5) is 11.8. The maximum atomic E-state index is 11.8. The topological polar surface area (TPSA) is 47.8 Å². The van der Waals surface area contributed by atoms with Crippen molar-refractivity contribution in [1.82, 2.24) is 15.0 Å². The van der Waals surface area contributed by atoms with E-state index in [4.69, 9.17) is 11.6 Å². The summed E-state index contributed by atoms with van der Waals surface area (Å²) in [6, 6.07) is 17.2. The van der Waals surface area contributed by atoms with E-state index in [0.717, 1.165) is 16.8 Å². The van der Waals surface area contributed by atoms with Gasteiger partial charge in [-0.3, -0.25) is 4.79 Å². The molecule has 3 aromatic rings. The van der Waals surface area contributed by atoms with Gasteiger partial charge in [-0.2, -0.15) is 0 Å². The maximum Gasteiger partial charge on any atom is 0.182 e. The Morgan fingerprint density at radius 3 is 2.41 bits per heavy atom. The van der Waals surface area contributed by atoms with E-state index in [1.165, 1.54) is 6.92 Å². The Morgan fingerprint density at radius 1 is 1.09 bits per heavy atom. The zero-order chi connectivity index (χ0) is 15.5. The molecule has 5 heteroatoms. The summed E-state index contributed by atoms with van der Waals surface area (Å²) < 4.78 is 1.75. The van der Waals surface area contributed by atoms with Gasteiger partial charge in [0.2, 0.25) is 0 Å². The Bertz CT molecular complexity index is 795. The molecule has 110 valence electrons. The molecule has 2 aromatic carbocycles. The van der Waals surface area contributed by atoms with Crippen LogP contribution in [0.2, 0.25) is 5.02 Å². The van der Waals surface area contributed by atoms with Gasteiger partial charge in [-0.25, -0.2) is 4.68 Å². The highest BCUT2D eigenvalue weighted by Gasteiger charge is 2.18. The standard InChI is InChI=1S/C17H14ClN3O/c1-12(22)16-17(14-5-3-2-4-6-14)21(20-19-16)11-13-7-9-15(18)10-8-13/h2-10H,11H2,1H3. The fourth-order valence-corrected chi connectivity index (χ4v) is 2.43. The number of aromatic nitrogens is 3. The molecule has 0 spiro atoms. The van der Waals surface area contributed by atoms with E-state index < -0.39 is 0 Å². The number of rotatable bonds is 4. The third-order valence-electron chi connectivity index (χ3n) is 3.36. The molecule has 0 aliphatic rings. The van der Waals surface area contributed by atoms with Crippen LogP contribution in [-0.4, -0.2) is 20.8 Å². The Balaban J connectivity index is 2.05. The monoisotopic (exact) mass is 311 g/mol. The highest BCUT2D eigenvalue weighted by molar-refractivity contribution is 6.30. The first-order valence-electron chi connectivity index (χ1n) is 6.89. The summed E-state index contributed by atoms with van der Waals surface area (Å²) in [6.07, 6.45) is 0. The molecule has 0 N–H and O–H groups in total. The molecule has 0 radical (unpaired) electrons. The van der Waals surface area contributed by atoms with E-state index >= 15 is 0 Å². The molecule has 0 unspecified atom stereocenters. The molecule has 1 heterocycles. The molecule has 0 atom stereocenters. The summed E-state index contributed by atoms with van der Waals surface area (Å²) >= 11 is 5.91. The summed E-state index contributed by atoms with van der Waals surface area (Å²) in [5.41, 5.74) is 3.09. The van der Waals surface area contributed by atoms with Gasteiger partial charge < -0.3 is 0 Å². The minimum Gasteiger partial charge on any atom is -0.293 e. The van der Waals surface area contributed by atoms with Gasteiger partial charge >= 0.3 is 0 Å². The van der Waals surface area contributed by atoms with Crippen molar-refractivity contribution in [1.29, 1.82) is 0 Å². The molecule has 0 fully saturated rings. The van der Waals surface area contributed by atoms with Gasteiger partial charge in [0.05, 0.1) is 12.2 Å². The zero-order valence-electron chi connectivity index (χ0n) is 12.0. The average Bonchev–Trinajstić information content (AvgIpc) is 2.94. The molecule has 3 rings (SSSR count). The Morgan fingerprint density at radius 2 is 1.77 bits per heavy atom. The van der Waals surface area contributed by atoms with Crippen molar-refractivity contribution in [2.75, 3.05) is 0 Å². The lowest BCUT2D eigenvalue weighted by Crippen LogP contribution is -2.05. The van der Waals surface area contributed by atoms with Crippen LogP contribution < -0.4 is 0 Å². The molecule has 0 aliphatic heterocycles. The number of carbonyl (C=O) groups excluding carboxylic acids is 1. The number of ketones is 1. The molecule has 0 saturated heterocycles. The molecule has 0 aliphatic carbocycles. The first-order valence-corrected chi connectivity index (χ1v) is 7.27. The molecule has 0 bridgehead atoms. The van der Waals surface area contributed by atoms with Gasteiger partial charge in [-0.05, 0) is 17.7 Å². The fourth-order valence-electron chi connectivity index (χ4n) is 2.31. The average molecular weight is 312 g/mol. The van der Waals surface area contributed by atoms with Crippen molar-refractivity contribution in [3.63, 3.8) is 0 Å². The largest absolute Gasteiger partial charge is 0.293 e. The Hall–Kier alpha value is -2.46. The van der Waals surface area contributed by atoms with Gasteiger partial charge in [0.1, 0.15) is 0 Å². The van der Waals surface area contributed by atoms with E-state index in [1.807, 2.05) is 54.6 Å². The van der Waals surface area contributed by atoms with Gasteiger partial charge in [0, 0.05) is 17.5 Å². The second-order valence-electron chi connectivity index (χ2n) is 4.99. The molecule has 22 heavy (non-hydrogen) atoms. The van der Waals surface area contributed by atoms with Crippen LogP contribution in [0.3, 0.4) is 0 Å². The highest BCUT2D eigenvalue weighted by Crippen LogP contribution is 2.23. The first-order chi connectivity index (χ1) is 10.6. The fraction of sp³-hybridized carbons (Fsp3) is 0.118. The van der Waals surface area contributed by atoms with Crippen LogP contribution in [0.4, 0.5) is 0 Å². The molecule has 0 saturated carbocycles. The number of nitrogens with zero attached hydrogens (tertiary/aromatic N) is 3. The van der Waals surface area contributed by atoms with Crippen LogP contribution in [0, 0.1) is 0 Å². The number of Topliss-reactive ketones (excluding diaryl/α,β-unsaturated/α-hetero) is 1. The lowest BCUT2D eigenvalue weighted by atomic mass is 10.1. The van der Waals surface area contributed by atoms with Crippen molar-refractivity contribution in [3.05, 3.63) is 70.9 Å². The van der Waals surface area contributed by atoms with Crippen LogP contribution in [0.1, 0.15) is 23.0 Å². The summed E-state index contributed by atoms with van der Waals surface area (Å²) in [5.74, 6) is -0.0961. The highest BCUT2D eigenvalue weighted by atomic mass is 35.5. The van der Waals surface area contributed by atoms with Crippen LogP contribution in [0.25, 0.3) is 11.3 Å². The molecule has 4 nitrogen and oxygen atoms in total. The van der Waals surface area contributed by atoms with Gasteiger partial charge in [0.25, 0.3) is 0 Å². The Labute approximate surface area is 133 Å². The van der Waals surface area contributed by atoms with Gasteiger partial charge in [0.15, 0.2) is 11.5 Å². The van der Waals surface area contributed by atoms with Crippen molar-refractivity contribution in [2.24, 2.45) is 0 Å². The van der Waals surface area contributed by atoms with E-state index in [0.29, 0.717) is 17.3 Å². The number of halogens is 1. The van der Waals surface area contributed by atoms with E-state index in [9.17, 15) is 4.79 Å². The lowest BCUT2D eigenvalue weighted by molar-refractivity contribution is 0.101. The lowest BCUT2D eigenvalue weighted by Gasteiger charge is -2.08. The normalized spacial score (nSPS) is 10.6. The number of hydrogen-bond donors (Lipinski definition) is 0. The molecular weight excluding hydrogens is 298 g/mol. The second-order valence-corrected chi connectivity index (χ2v) is 5.43. The molecule has 1 aromatic heterocycles. The van der Waals surface area contributed by atoms with E-state index in [2.05, 4.69) is 10.3 Å². The van der Waals surface area contributed by atoms with Crippen LogP contribution >= 0.6 is 11.6 Å². The number of carbonyl (C=O) groups is 1. The number of benzene rings is 2. The Kier molecular flexibility index (Phi) is 4.02. The minimum absolute atomic E-state index is 0.0961. The molecular formula is C17H14ClN3O. The smallest absolute Gasteiger partial charge is 0.182 e. The molecule has 0 amide bonds. The summed E-state index contributed by atoms with van der Waals surface area (Å²) in [6.45, 7) is 2.03. The van der Waals surface area contributed by atoms with E-state index in [1.54, 1.807) is 4.68 Å². The van der Waals surface area contributed by atoms with Crippen molar-refractivity contribution in [3.8, 4) is 11.3 Å². The zero-order valence-corrected chi connectivity index (χ0v) is 12.8. The summed E-state index contributed by atoms with van der Waals surface area (Å²) in [7, 11) is 0. The maximum absolute atomic E-state index is 11.8. The van der Waals surface area contributed by atoms with Crippen molar-refractivity contribution in [2.45, 2.75) is 13.5 Å². The van der Waals surface area contributed by atoms with Crippen molar-refractivity contribution >= 4 is 17.4 Å². The third-order valence-corrected chi connectivity index (χ3v) is 3.61. The third kappa shape index (κ3) is 2.92. The number of hydrogen-bond acceptors (Lipinski definition) is 3. The second kappa shape index (κ2) is 6.12. The van der Waals surface area contributed by atoms with E-state index in [-0.39, 0.29) is 5.78 Å². The van der Waals surface area contributed by atoms with Crippen molar-refractivity contribution < 1.29 is 4.79 Å². The predicted octanol–water partition coefficient (Wildman–Crippen LogP) is 3.85. The van der Waals surface area contributed by atoms with Crippen LogP contribution in [-0.2, 0) is 6.54 Å². The van der Waals surface area contributed by atoms with Crippen LogP contribution in [0.5, 0.6) is 0 Å². The predicted molar refractivity (Wildman–Crippen MR) is 86.0 cm³/mol. The van der Waals surface area contributed by atoms with Gasteiger partial charge in [-0.1, -0.05) is 59.3 Å².